The van der Waals surface area contributed by atoms with E-state index in [4.69, 9.17) is 20.4 Å². The summed E-state index contributed by atoms with van der Waals surface area (Å²) >= 11 is 3.45. The number of esters is 1. The molecule has 0 radical (unpaired) electrons. The summed E-state index contributed by atoms with van der Waals surface area (Å²) < 4.78 is 8.34. The second-order valence-corrected chi connectivity index (χ2v) is 8.15. The molecule has 0 aliphatic carbocycles. The van der Waals surface area contributed by atoms with Crippen LogP contribution in [0.1, 0.15) is 37.0 Å². The summed E-state index contributed by atoms with van der Waals surface area (Å²) in [5, 5.41) is 0. The van der Waals surface area contributed by atoms with Crippen molar-refractivity contribution in [3.63, 3.8) is 0 Å². The minimum Gasteiger partial charge on any atom is -0.462 e. The Morgan fingerprint density at radius 2 is 1.70 bits per heavy atom. The number of ether oxygens (including phenoxy) is 1. The van der Waals surface area contributed by atoms with Gasteiger partial charge >= 0.3 is 5.97 Å². The van der Waals surface area contributed by atoms with Crippen LogP contribution in [-0.4, -0.2) is 27.1 Å². The van der Waals surface area contributed by atoms with Gasteiger partial charge in [-0.1, -0.05) is 54.8 Å². The number of hydrogen-bond donors (Lipinski definition) is 1. The van der Waals surface area contributed by atoms with E-state index in [9.17, 15) is 4.79 Å². The average Bonchev–Trinajstić information content (AvgIpc) is 3.04. The smallest absolute Gasteiger partial charge is 0.344 e. The molecule has 0 unspecified atom stereocenters. The molecule has 2 aromatic carbocycles. The van der Waals surface area contributed by atoms with Crippen LogP contribution in [0.25, 0.3) is 27.9 Å². The highest BCUT2D eigenvalue weighted by Crippen LogP contribution is 2.32. The van der Waals surface area contributed by atoms with Crippen LogP contribution in [0.4, 0.5) is 5.82 Å². The van der Waals surface area contributed by atoms with Crippen molar-refractivity contribution in [1.82, 2.24) is 14.5 Å². The largest absolute Gasteiger partial charge is 0.462 e. The van der Waals surface area contributed by atoms with Gasteiger partial charge in [0.15, 0.2) is 5.65 Å². The van der Waals surface area contributed by atoms with E-state index in [1.807, 2.05) is 48.5 Å². The molecule has 0 saturated heterocycles. The molecule has 4 aromatic rings. The highest BCUT2D eigenvalue weighted by atomic mass is 79.9. The van der Waals surface area contributed by atoms with Gasteiger partial charge in [-0.05, 0) is 42.3 Å². The van der Waals surface area contributed by atoms with Crippen molar-refractivity contribution in [1.29, 1.82) is 0 Å². The lowest BCUT2D eigenvalue weighted by Gasteiger charge is -2.12. The van der Waals surface area contributed by atoms with Crippen molar-refractivity contribution in [3.8, 4) is 5.69 Å². The molecule has 2 heterocycles. The van der Waals surface area contributed by atoms with Crippen molar-refractivity contribution in [3.05, 3.63) is 58.6 Å². The summed E-state index contributed by atoms with van der Waals surface area (Å²) in [6.45, 7) is 4.54. The highest BCUT2D eigenvalue weighted by molar-refractivity contribution is 9.10. The number of para-hydroxylation sites is 2. The first-order chi connectivity index (χ1) is 14.5. The van der Waals surface area contributed by atoms with Crippen LogP contribution in [0.2, 0.25) is 0 Å². The van der Waals surface area contributed by atoms with E-state index in [-0.39, 0.29) is 11.4 Å². The van der Waals surface area contributed by atoms with E-state index in [2.05, 4.69) is 29.8 Å². The summed E-state index contributed by atoms with van der Waals surface area (Å²) in [5.74, 6) is 0.129. The summed E-state index contributed by atoms with van der Waals surface area (Å²) in [4.78, 5) is 22.5. The molecule has 0 aliphatic rings. The number of halogens is 1. The molecule has 0 atom stereocenters. The van der Waals surface area contributed by atoms with Crippen LogP contribution in [0.5, 0.6) is 0 Å². The van der Waals surface area contributed by atoms with Gasteiger partial charge in [0.1, 0.15) is 16.9 Å². The monoisotopic (exact) mass is 466 g/mol. The van der Waals surface area contributed by atoms with Crippen molar-refractivity contribution in [2.24, 2.45) is 5.92 Å². The SMILES string of the molecule is CCC(CC)COC(=O)c1c(N)n(-c2ccc(Br)cc2)c2nc3ccccc3nc12. The Morgan fingerprint density at radius 1 is 1.07 bits per heavy atom. The topological polar surface area (TPSA) is 83.0 Å². The minimum atomic E-state index is -0.468. The third-order valence-corrected chi connectivity index (χ3v) is 5.92. The normalized spacial score (nSPS) is 11.5. The number of nitrogens with two attached hydrogens (primary N) is 1. The number of hydrogen-bond acceptors (Lipinski definition) is 5. The molecule has 0 fully saturated rings. The van der Waals surface area contributed by atoms with Crippen LogP contribution < -0.4 is 5.73 Å². The van der Waals surface area contributed by atoms with Crippen LogP contribution in [0, 0.1) is 5.92 Å². The number of nitrogens with zero attached hydrogens (tertiary/aromatic N) is 3. The fourth-order valence-electron chi connectivity index (χ4n) is 3.50. The number of benzene rings is 2. The molecule has 30 heavy (non-hydrogen) atoms. The van der Waals surface area contributed by atoms with Gasteiger partial charge < -0.3 is 10.5 Å². The average molecular weight is 467 g/mol. The predicted octanol–water partition coefficient (Wildman–Crippen LogP) is 5.51. The number of carbonyl (C=O) groups excluding carboxylic acids is 1. The van der Waals surface area contributed by atoms with Gasteiger partial charge in [-0.15, -0.1) is 0 Å². The number of rotatable bonds is 6. The molecular weight excluding hydrogens is 444 g/mol. The molecule has 4 rings (SSSR count). The predicted molar refractivity (Wildman–Crippen MR) is 123 cm³/mol. The van der Waals surface area contributed by atoms with Crippen molar-refractivity contribution < 1.29 is 9.53 Å². The van der Waals surface area contributed by atoms with Gasteiger partial charge in [0, 0.05) is 10.2 Å². The standard InChI is InChI=1S/C23H23BrN4O2/c1-3-14(4-2)13-30-23(29)19-20-22(27-18-8-6-5-7-17(18)26-20)28(21(19)25)16-11-9-15(24)10-12-16/h5-12,14H,3-4,13,25H2,1-2H3. The molecule has 2 N–H and O–H groups in total. The summed E-state index contributed by atoms with van der Waals surface area (Å²) in [7, 11) is 0. The Hall–Kier alpha value is -2.93. The molecule has 0 amide bonds. The maximum atomic E-state index is 13.1. The zero-order valence-corrected chi connectivity index (χ0v) is 18.5. The Labute approximate surface area is 183 Å². The fraction of sp³-hybridized carbons (Fsp3) is 0.261. The van der Waals surface area contributed by atoms with E-state index >= 15 is 0 Å². The van der Waals surface area contributed by atoms with Crippen LogP contribution in [0.15, 0.2) is 53.0 Å². The second-order valence-electron chi connectivity index (χ2n) is 7.24. The second kappa shape index (κ2) is 8.44. The van der Waals surface area contributed by atoms with E-state index in [0.29, 0.717) is 29.2 Å². The third-order valence-electron chi connectivity index (χ3n) is 5.39. The molecule has 0 aliphatic heterocycles. The Balaban J connectivity index is 1.90. The quantitative estimate of drug-likeness (QED) is 0.378. The highest BCUT2D eigenvalue weighted by Gasteiger charge is 2.26. The first-order valence-corrected chi connectivity index (χ1v) is 10.8. The lowest BCUT2D eigenvalue weighted by molar-refractivity contribution is 0.0436. The number of anilines is 1. The lowest BCUT2D eigenvalue weighted by atomic mass is 10.1. The van der Waals surface area contributed by atoms with Crippen LogP contribution >= 0.6 is 15.9 Å². The van der Waals surface area contributed by atoms with Crippen molar-refractivity contribution >= 4 is 49.9 Å². The van der Waals surface area contributed by atoms with Gasteiger partial charge in [0.25, 0.3) is 0 Å². The molecular formula is C23H23BrN4O2. The summed E-state index contributed by atoms with van der Waals surface area (Å²) in [6.07, 6.45) is 1.90. The minimum absolute atomic E-state index is 0.261. The zero-order valence-electron chi connectivity index (χ0n) is 16.9. The van der Waals surface area contributed by atoms with Gasteiger partial charge in [0.05, 0.1) is 17.6 Å². The van der Waals surface area contributed by atoms with Crippen molar-refractivity contribution in [2.45, 2.75) is 26.7 Å². The molecule has 2 aromatic heterocycles. The number of aromatic nitrogens is 3. The van der Waals surface area contributed by atoms with E-state index in [1.165, 1.54) is 0 Å². The van der Waals surface area contributed by atoms with E-state index in [1.54, 1.807) is 4.57 Å². The first kappa shape index (κ1) is 20.3. The third kappa shape index (κ3) is 3.65. The molecule has 7 heteroatoms. The lowest BCUT2D eigenvalue weighted by Crippen LogP contribution is -2.15. The van der Waals surface area contributed by atoms with E-state index < -0.39 is 5.97 Å². The maximum absolute atomic E-state index is 13.1. The molecule has 154 valence electrons. The molecule has 0 saturated carbocycles. The Bertz CT molecular complexity index is 1210. The van der Waals surface area contributed by atoms with Gasteiger partial charge in [-0.25, -0.2) is 14.8 Å². The number of nitrogen functional groups attached to an aromatic ring is 1. The first-order valence-electron chi connectivity index (χ1n) is 10.0. The van der Waals surface area contributed by atoms with Crippen molar-refractivity contribution in [2.75, 3.05) is 12.3 Å². The molecule has 6 nitrogen and oxygen atoms in total. The summed E-state index contributed by atoms with van der Waals surface area (Å²) in [6, 6.07) is 15.2. The number of carbonyl (C=O) groups is 1. The van der Waals surface area contributed by atoms with E-state index in [0.717, 1.165) is 28.5 Å². The Kier molecular flexibility index (Phi) is 5.72. The molecule has 0 bridgehead atoms. The summed E-state index contributed by atoms with van der Waals surface area (Å²) in [5.41, 5.74) is 9.96. The zero-order chi connectivity index (χ0) is 21.3. The molecule has 0 spiro atoms. The fourth-order valence-corrected chi connectivity index (χ4v) is 3.77. The van der Waals surface area contributed by atoms with Gasteiger partial charge in [0.2, 0.25) is 0 Å². The Morgan fingerprint density at radius 3 is 2.33 bits per heavy atom. The van der Waals surface area contributed by atoms with Crippen LogP contribution in [-0.2, 0) is 4.74 Å². The van der Waals surface area contributed by atoms with Gasteiger partial charge in [-0.2, -0.15) is 0 Å². The number of fused-ring (bicyclic) bond motifs is 2. The van der Waals surface area contributed by atoms with Gasteiger partial charge in [-0.3, -0.25) is 4.57 Å². The maximum Gasteiger partial charge on any atom is 0.344 e. The van der Waals surface area contributed by atoms with Crippen LogP contribution in [0.3, 0.4) is 0 Å².